The second-order valence-corrected chi connectivity index (χ2v) is 8.45. The number of amides is 1. The summed E-state index contributed by atoms with van der Waals surface area (Å²) in [4.78, 5) is 22.7. The van der Waals surface area contributed by atoms with Crippen LogP contribution in [0, 0.1) is 11.6 Å². The predicted octanol–water partition coefficient (Wildman–Crippen LogP) is 1.86. The lowest BCUT2D eigenvalue weighted by atomic mass is 10.1. The number of carbonyl (C=O) groups excluding carboxylic acids is 1. The van der Waals surface area contributed by atoms with Gasteiger partial charge in [-0.05, 0) is 19.1 Å². The first kappa shape index (κ1) is 23.5. The minimum atomic E-state index is -1.52. The van der Waals surface area contributed by atoms with E-state index in [9.17, 15) is 18.0 Å². The van der Waals surface area contributed by atoms with Gasteiger partial charge in [-0.2, -0.15) is 0 Å². The fraction of sp³-hybridized carbons (Fsp3) is 0.350. The minimum Gasteiger partial charge on any atom is -0.403 e. The molecule has 0 aliphatic carbocycles. The smallest absolute Gasteiger partial charge is 0.277 e. The number of carbonyl (C=O) groups is 1. The summed E-state index contributed by atoms with van der Waals surface area (Å²) in [6.45, 7) is 2.64. The Labute approximate surface area is 187 Å². The van der Waals surface area contributed by atoms with Gasteiger partial charge in [0.1, 0.15) is 33.1 Å². The highest BCUT2D eigenvalue weighted by molar-refractivity contribution is 7.19. The van der Waals surface area contributed by atoms with Gasteiger partial charge in [0, 0.05) is 32.9 Å². The number of aromatic nitrogens is 1. The maximum absolute atomic E-state index is 14.7. The number of nitrogens with two attached hydrogens (primary N) is 2. The molecule has 8 nitrogen and oxygen atoms in total. The van der Waals surface area contributed by atoms with E-state index in [1.54, 1.807) is 4.90 Å². The number of alkyl halides is 1. The molecule has 1 amide bonds. The van der Waals surface area contributed by atoms with Crippen LogP contribution < -0.4 is 22.1 Å². The van der Waals surface area contributed by atoms with E-state index in [0.717, 1.165) is 29.7 Å². The third-order valence-electron chi connectivity index (χ3n) is 4.78. The van der Waals surface area contributed by atoms with Gasteiger partial charge in [-0.25, -0.2) is 18.2 Å². The summed E-state index contributed by atoms with van der Waals surface area (Å²) in [6, 6.07) is 3.40. The summed E-state index contributed by atoms with van der Waals surface area (Å²) in [5.41, 5.74) is 9.65. The first-order chi connectivity index (χ1) is 15.2. The highest BCUT2D eigenvalue weighted by Gasteiger charge is 2.32. The molecule has 1 fully saturated rings. The first-order valence-corrected chi connectivity index (χ1v) is 10.5. The molecule has 1 aromatic heterocycles. The van der Waals surface area contributed by atoms with Gasteiger partial charge in [-0.1, -0.05) is 17.4 Å². The molecule has 0 saturated carbocycles. The minimum absolute atomic E-state index is 0.0261. The fourth-order valence-electron chi connectivity index (χ4n) is 3.37. The molecule has 12 heteroatoms. The Balaban J connectivity index is 1.85. The number of halogens is 3. The van der Waals surface area contributed by atoms with E-state index in [-0.39, 0.29) is 45.9 Å². The molecule has 1 aliphatic heterocycles. The zero-order valence-corrected chi connectivity index (χ0v) is 18.4. The van der Waals surface area contributed by atoms with Crippen molar-refractivity contribution in [3.05, 3.63) is 47.4 Å². The largest absolute Gasteiger partial charge is 0.403 e. The molecule has 32 heavy (non-hydrogen) atoms. The SMILES string of the molecule is CN=C(C(=CN)NC(=O)c1nc(-c2c(F)cccc2F)sc1N)N1CCNC[C@@](C)(F)C1. The predicted molar refractivity (Wildman–Crippen MR) is 119 cm³/mol. The van der Waals surface area contributed by atoms with E-state index in [1.165, 1.54) is 20.0 Å². The molecule has 2 aromatic rings. The van der Waals surface area contributed by atoms with Gasteiger partial charge >= 0.3 is 0 Å². The van der Waals surface area contributed by atoms with Crippen LogP contribution in [0.1, 0.15) is 17.4 Å². The Morgan fingerprint density at radius 1 is 1.41 bits per heavy atom. The van der Waals surface area contributed by atoms with Crippen molar-refractivity contribution in [1.29, 1.82) is 0 Å². The van der Waals surface area contributed by atoms with Crippen molar-refractivity contribution in [3.63, 3.8) is 0 Å². The van der Waals surface area contributed by atoms with Crippen molar-refractivity contribution < 1.29 is 18.0 Å². The van der Waals surface area contributed by atoms with E-state index in [1.807, 2.05) is 0 Å². The lowest BCUT2D eigenvalue weighted by molar-refractivity contribution is 0.0963. The molecule has 3 rings (SSSR count). The third kappa shape index (κ3) is 5.02. The van der Waals surface area contributed by atoms with Crippen molar-refractivity contribution in [2.24, 2.45) is 10.7 Å². The summed E-state index contributed by atoms with van der Waals surface area (Å²) in [7, 11) is 1.50. The van der Waals surface area contributed by atoms with Crippen molar-refractivity contribution in [2.75, 3.05) is 39.0 Å². The summed E-state index contributed by atoms with van der Waals surface area (Å²) in [5, 5.41) is 5.48. The molecular weight excluding hydrogens is 443 g/mol. The number of nitrogen functional groups attached to an aromatic ring is 1. The highest BCUT2D eigenvalue weighted by atomic mass is 32.1. The number of hydrogen-bond acceptors (Lipinski definition) is 7. The van der Waals surface area contributed by atoms with Gasteiger partial charge in [0.15, 0.2) is 5.69 Å². The fourth-order valence-corrected chi connectivity index (χ4v) is 4.24. The van der Waals surface area contributed by atoms with Gasteiger partial charge < -0.3 is 27.0 Å². The van der Waals surface area contributed by atoms with Gasteiger partial charge in [0.2, 0.25) is 0 Å². The number of rotatable bonds is 4. The van der Waals surface area contributed by atoms with Crippen LogP contribution in [-0.4, -0.2) is 60.5 Å². The van der Waals surface area contributed by atoms with Crippen molar-refractivity contribution in [2.45, 2.75) is 12.6 Å². The first-order valence-electron chi connectivity index (χ1n) is 9.72. The van der Waals surface area contributed by atoms with Crippen molar-refractivity contribution >= 4 is 28.1 Å². The molecule has 0 bridgehead atoms. The summed E-state index contributed by atoms with van der Waals surface area (Å²) in [6.07, 6.45) is 1.13. The number of benzene rings is 1. The molecule has 1 aromatic carbocycles. The van der Waals surface area contributed by atoms with Gasteiger partial charge in [0.05, 0.1) is 17.8 Å². The standard InChI is InChI=1S/C20H24F3N7OS/c1-20(23)9-27-6-7-30(10-20)17(26-2)13(8-24)28-18(31)15-16(25)32-19(29-15)14-11(21)4-3-5-12(14)22/h3-5,8,27H,6-7,9-10,24-25H2,1-2H3,(H,28,31)/t20-/m1/s1. The van der Waals surface area contributed by atoms with Crippen LogP contribution in [0.25, 0.3) is 10.6 Å². The number of thiazole rings is 1. The van der Waals surface area contributed by atoms with Crippen LogP contribution in [0.2, 0.25) is 0 Å². The van der Waals surface area contributed by atoms with Crippen LogP contribution in [-0.2, 0) is 0 Å². The second kappa shape index (κ2) is 9.57. The van der Waals surface area contributed by atoms with E-state index in [4.69, 9.17) is 11.5 Å². The van der Waals surface area contributed by atoms with Gasteiger partial charge in [-0.15, -0.1) is 0 Å². The zero-order chi connectivity index (χ0) is 23.5. The number of nitrogens with one attached hydrogen (secondary N) is 2. The monoisotopic (exact) mass is 467 g/mol. The molecule has 0 radical (unpaired) electrons. The number of aliphatic imine (C=N–C) groups is 1. The highest BCUT2D eigenvalue weighted by Crippen LogP contribution is 2.33. The average molecular weight is 468 g/mol. The van der Waals surface area contributed by atoms with Crippen LogP contribution in [0.3, 0.4) is 0 Å². The number of anilines is 1. The molecule has 172 valence electrons. The third-order valence-corrected chi connectivity index (χ3v) is 5.69. The lowest BCUT2D eigenvalue weighted by Gasteiger charge is -2.29. The molecular formula is C20H24F3N7OS. The van der Waals surface area contributed by atoms with Crippen LogP contribution in [0.4, 0.5) is 18.2 Å². The molecule has 0 spiro atoms. The Hall–Kier alpha value is -3.12. The van der Waals surface area contributed by atoms with Crippen molar-refractivity contribution in [3.8, 4) is 10.6 Å². The Morgan fingerprint density at radius 3 is 2.72 bits per heavy atom. The number of nitrogens with zero attached hydrogens (tertiary/aromatic N) is 3. The second-order valence-electron chi connectivity index (χ2n) is 7.42. The molecule has 0 unspecified atom stereocenters. The maximum atomic E-state index is 14.7. The summed E-state index contributed by atoms with van der Waals surface area (Å²) >= 11 is 0.780. The Morgan fingerprint density at radius 2 is 2.09 bits per heavy atom. The summed E-state index contributed by atoms with van der Waals surface area (Å²) < 4.78 is 42.9. The summed E-state index contributed by atoms with van der Waals surface area (Å²) in [5.74, 6) is -2.10. The average Bonchev–Trinajstić information content (AvgIpc) is 3.01. The zero-order valence-electron chi connectivity index (χ0n) is 17.6. The number of hydrogen-bond donors (Lipinski definition) is 4. The normalized spacial score (nSPS) is 20.2. The van der Waals surface area contributed by atoms with Crippen LogP contribution in [0.5, 0.6) is 0 Å². The lowest BCUT2D eigenvalue weighted by Crippen LogP contribution is -2.45. The van der Waals surface area contributed by atoms with Crippen LogP contribution in [0.15, 0.2) is 35.1 Å². The Bertz CT molecular complexity index is 1050. The molecule has 6 N–H and O–H groups in total. The van der Waals surface area contributed by atoms with E-state index in [2.05, 4.69) is 20.6 Å². The van der Waals surface area contributed by atoms with E-state index >= 15 is 0 Å². The van der Waals surface area contributed by atoms with Crippen molar-refractivity contribution in [1.82, 2.24) is 20.5 Å². The topological polar surface area (TPSA) is 122 Å². The molecule has 1 atom stereocenters. The number of amidine groups is 1. The van der Waals surface area contributed by atoms with E-state index < -0.39 is 23.2 Å². The molecule has 2 heterocycles. The maximum Gasteiger partial charge on any atom is 0.277 e. The molecule has 1 aliphatic rings. The Kier molecular flexibility index (Phi) is 7.04. The quantitative estimate of drug-likeness (QED) is 0.402. The van der Waals surface area contributed by atoms with Gasteiger partial charge in [0.25, 0.3) is 5.91 Å². The van der Waals surface area contributed by atoms with E-state index in [0.29, 0.717) is 13.1 Å². The van der Waals surface area contributed by atoms with Gasteiger partial charge in [-0.3, -0.25) is 9.79 Å². The molecule has 1 saturated heterocycles. The van der Waals surface area contributed by atoms with Crippen LogP contribution >= 0.6 is 11.3 Å².